The van der Waals surface area contributed by atoms with Crippen molar-refractivity contribution in [2.75, 3.05) is 6.54 Å². The smallest absolute Gasteiger partial charge is 0.267 e. The molecule has 0 bridgehead atoms. The van der Waals surface area contributed by atoms with Crippen LogP contribution in [0, 0.1) is 5.92 Å². The summed E-state index contributed by atoms with van der Waals surface area (Å²) in [4.78, 5) is 14.0. The van der Waals surface area contributed by atoms with Crippen LogP contribution in [0.4, 0.5) is 8.78 Å². The molecule has 7 heteroatoms. The summed E-state index contributed by atoms with van der Waals surface area (Å²) in [7, 11) is 0. The number of carbonyl (C=O) groups is 1. The summed E-state index contributed by atoms with van der Waals surface area (Å²) in [6.45, 7) is 0.152. The molecule has 5 nitrogen and oxygen atoms in total. The van der Waals surface area contributed by atoms with Gasteiger partial charge in [-0.25, -0.2) is 8.78 Å². The van der Waals surface area contributed by atoms with Crippen molar-refractivity contribution in [1.82, 2.24) is 19.7 Å². The SMILES string of the molecule is O=C(c1ccccc1)N1CC(F)(F)C[C@H]1c1nncn1CC1CC1. The van der Waals surface area contributed by atoms with E-state index in [0.29, 0.717) is 17.3 Å². The van der Waals surface area contributed by atoms with Gasteiger partial charge < -0.3 is 9.47 Å². The van der Waals surface area contributed by atoms with Gasteiger partial charge in [0.15, 0.2) is 5.82 Å². The van der Waals surface area contributed by atoms with Gasteiger partial charge in [-0.15, -0.1) is 10.2 Å². The Bertz CT molecular complexity index is 742. The van der Waals surface area contributed by atoms with Crippen molar-refractivity contribution in [3.8, 4) is 0 Å². The van der Waals surface area contributed by atoms with E-state index >= 15 is 0 Å². The molecule has 2 aliphatic rings. The molecule has 1 aromatic carbocycles. The number of rotatable bonds is 4. The molecule has 1 saturated heterocycles. The second-order valence-corrected chi connectivity index (χ2v) is 6.66. The van der Waals surface area contributed by atoms with Crippen LogP contribution >= 0.6 is 0 Å². The molecule has 126 valence electrons. The zero-order valence-corrected chi connectivity index (χ0v) is 13.1. The largest absolute Gasteiger partial charge is 0.322 e. The molecule has 1 aliphatic carbocycles. The van der Waals surface area contributed by atoms with E-state index in [4.69, 9.17) is 0 Å². The zero-order chi connectivity index (χ0) is 16.7. The Morgan fingerprint density at radius 3 is 2.71 bits per heavy atom. The van der Waals surface area contributed by atoms with Gasteiger partial charge in [0.2, 0.25) is 0 Å². The van der Waals surface area contributed by atoms with E-state index in [9.17, 15) is 13.6 Å². The molecular weight excluding hydrogens is 314 g/mol. The normalized spacial score (nSPS) is 22.8. The highest BCUT2D eigenvalue weighted by atomic mass is 19.3. The molecule has 0 N–H and O–H groups in total. The summed E-state index contributed by atoms with van der Waals surface area (Å²) in [5.41, 5.74) is 0.411. The lowest BCUT2D eigenvalue weighted by Gasteiger charge is -2.23. The lowest BCUT2D eigenvalue weighted by molar-refractivity contribution is 0.0117. The predicted octanol–water partition coefficient (Wildman–Crippen LogP) is 2.91. The monoisotopic (exact) mass is 332 g/mol. The van der Waals surface area contributed by atoms with Crippen LogP contribution in [0.1, 0.15) is 41.5 Å². The molecule has 2 fully saturated rings. The molecule has 1 amide bonds. The van der Waals surface area contributed by atoms with E-state index < -0.39 is 30.8 Å². The lowest BCUT2D eigenvalue weighted by atomic mass is 10.1. The van der Waals surface area contributed by atoms with Crippen molar-refractivity contribution in [2.24, 2.45) is 5.92 Å². The van der Waals surface area contributed by atoms with Crippen molar-refractivity contribution in [3.05, 3.63) is 48.0 Å². The van der Waals surface area contributed by atoms with Gasteiger partial charge >= 0.3 is 0 Å². The first-order valence-corrected chi connectivity index (χ1v) is 8.15. The van der Waals surface area contributed by atoms with E-state index in [-0.39, 0.29) is 0 Å². The van der Waals surface area contributed by atoms with E-state index in [0.717, 1.165) is 19.4 Å². The molecule has 0 unspecified atom stereocenters. The molecule has 0 spiro atoms. The fraction of sp³-hybridized carbons (Fsp3) is 0.471. The van der Waals surface area contributed by atoms with Crippen molar-refractivity contribution >= 4 is 5.91 Å². The maximum atomic E-state index is 14.1. The highest BCUT2D eigenvalue weighted by Gasteiger charge is 2.49. The van der Waals surface area contributed by atoms with Gasteiger partial charge in [0.1, 0.15) is 6.33 Å². The Labute approximate surface area is 138 Å². The van der Waals surface area contributed by atoms with Gasteiger partial charge in [0.25, 0.3) is 11.8 Å². The average molecular weight is 332 g/mol. The molecule has 2 heterocycles. The molecule has 2 aromatic rings. The Morgan fingerprint density at radius 1 is 1.25 bits per heavy atom. The van der Waals surface area contributed by atoms with Crippen molar-refractivity contribution in [1.29, 1.82) is 0 Å². The minimum absolute atomic E-state index is 0.390. The van der Waals surface area contributed by atoms with Crippen LogP contribution in [-0.4, -0.2) is 38.0 Å². The van der Waals surface area contributed by atoms with Crippen LogP contribution in [0.2, 0.25) is 0 Å². The Hall–Kier alpha value is -2.31. The first-order valence-electron chi connectivity index (χ1n) is 8.15. The van der Waals surface area contributed by atoms with Crippen LogP contribution in [0.15, 0.2) is 36.7 Å². The van der Waals surface area contributed by atoms with Crippen LogP contribution in [-0.2, 0) is 6.54 Å². The van der Waals surface area contributed by atoms with Gasteiger partial charge in [-0.2, -0.15) is 0 Å². The van der Waals surface area contributed by atoms with Gasteiger partial charge in [0.05, 0.1) is 12.6 Å². The van der Waals surface area contributed by atoms with E-state index in [2.05, 4.69) is 10.2 Å². The lowest BCUT2D eigenvalue weighted by Crippen LogP contribution is -2.34. The number of hydrogen-bond donors (Lipinski definition) is 0. The van der Waals surface area contributed by atoms with E-state index in [1.807, 2.05) is 4.57 Å². The second-order valence-electron chi connectivity index (χ2n) is 6.66. The Kier molecular flexibility index (Phi) is 3.58. The van der Waals surface area contributed by atoms with Crippen LogP contribution < -0.4 is 0 Å². The number of likely N-dealkylation sites (tertiary alicyclic amines) is 1. The highest BCUT2D eigenvalue weighted by molar-refractivity contribution is 5.94. The maximum absolute atomic E-state index is 14.1. The first kappa shape index (κ1) is 15.2. The molecule has 24 heavy (non-hydrogen) atoms. The Morgan fingerprint density at radius 2 is 2.00 bits per heavy atom. The molecule has 1 atom stereocenters. The molecule has 0 radical (unpaired) electrons. The average Bonchev–Trinajstić information content (AvgIpc) is 3.16. The number of amides is 1. The number of halogens is 2. The number of benzene rings is 1. The van der Waals surface area contributed by atoms with Crippen LogP contribution in [0.25, 0.3) is 0 Å². The van der Waals surface area contributed by atoms with Crippen molar-refractivity contribution in [3.63, 3.8) is 0 Å². The molecular formula is C17H18F2N4O. The molecule has 4 rings (SSSR count). The first-order chi connectivity index (χ1) is 11.5. The van der Waals surface area contributed by atoms with E-state index in [1.165, 1.54) is 4.90 Å². The summed E-state index contributed by atoms with van der Waals surface area (Å²) >= 11 is 0. The van der Waals surface area contributed by atoms with Gasteiger partial charge in [-0.1, -0.05) is 18.2 Å². The minimum atomic E-state index is -2.91. The number of alkyl halides is 2. The van der Waals surface area contributed by atoms with Gasteiger partial charge in [0, 0.05) is 18.5 Å². The van der Waals surface area contributed by atoms with Gasteiger partial charge in [-0.3, -0.25) is 4.79 Å². The van der Waals surface area contributed by atoms with Crippen molar-refractivity contribution < 1.29 is 13.6 Å². The second kappa shape index (κ2) is 5.65. The zero-order valence-electron chi connectivity index (χ0n) is 13.1. The molecule has 1 aliphatic heterocycles. The van der Waals surface area contributed by atoms with Crippen LogP contribution in [0.3, 0.4) is 0 Å². The van der Waals surface area contributed by atoms with Crippen LogP contribution in [0.5, 0.6) is 0 Å². The third-order valence-corrected chi connectivity index (χ3v) is 4.65. The topological polar surface area (TPSA) is 51.0 Å². The minimum Gasteiger partial charge on any atom is -0.322 e. The number of carbonyl (C=O) groups excluding carboxylic acids is 1. The summed E-state index contributed by atoms with van der Waals surface area (Å²) < 4.78 is 30.0. The van der Waals surface area contributed by atoms with Crippen molar-refractivity contribution in [2.45, 2.75) is 37.8 Å². The predicted molar refractivity (Wildman–Crippen MR) is 82.5 cm³/mol. The Balaban J connectivity index is 1.65. The summed E-state index contributed by atoms with van der Waals surface area (Å²) in [5.74, 6) is -2.27. The molecule has 1 saturated carbocycles. The van der Waals surface area contributed by atoms with Gasteiger partial charge in [-0.05, 0) is 30.9 Å². The maximum Gasteiger partial charge on any atom is 0.267 e. The number of hydrogen-bond acceptors (Lipinski definition) is 3. The highest BCUT2D eigenvalue weighted by Crippen LogP contribution is 2.41. The fourth-order valence-electron chi connectivity index (χ4n) is 3.25. The number of nitrogens with zero attached hydrogens (tertiary/aromatic N) is 4. The standard InChI is InChI=1S/C17H18F2N4O/c18-17(19)8-14(15-21-20-11-22(15)9-12-6-7-12)23(10-17)16(24)13-4-2-1-3-5-13/h1-5,11-12,14H,6-10H2/t14-/m0/s1. The summed E-state index contributed by atoms with van der Waals surface area (Å²) in [5, 5.41) is 7.95. The summed E-state index contributed by atoms with van der Waals surface area (Å²) in [6, 6.07) is 7.79. The quantitative estimate of drug-likeness (QED) is 0.865. The third-order valence-electron chi connectivity index (χ3n) is 4.65. The number of aromatic nitrogens is 3. The fourth-order valence-corrected chi connectivity index (χ4v) is 3.25. The molecule has 1 aromatic heterocycles. The summed E-state index contributed by atoms with van der Waals surface area (Å²) in [6.07, 6.45) is 3.46. The third kappa shape index (κ3) is 2.90. The van der Waals surface area contributed by atoms with E-state index in [1.54, 1.807) is 36.7 Å².